The molecule has 0 aliphatic carbocycles. The van der Waals surface area contributed by atoms with Crippen LogP contribution >= 0.6 is 0 Å². The van der Waals surface area contributed by atoms with Gasteiger partial charge >= 0.3 is 0 Å². The summed E-state index contributed by atoms with van der Waals surface area (Å²) in [6, 6.07) is 30.6. The Balaban J connectivity index is 1.64. The van der Waals surface area contributed by atoms with Gasteiger partial charge < -0.3 is 19.4 Å². The van der Waals surface area contributed by atoms with Crippen LogP contribution in [0, 0.1) is 0 Å². The number of rotatable bonds is 0. The fraction of sp³-hybridized carbons (Fsp3) is 0. The molecule has 12 aromatic rings. The number of H-pyrrole nitrogens is 3. The minimum absolute atomic E-state index is 0.938. The second-order valence-corrected chi connectivity index (χ2v) is 11.4. The number of aromatic nitrogens is 3. The van der Waals surface area contributed by atoms with Crippen molar-refractivity contribution < 1.29 is 4.42 Å². The van der Waals surface area contributed by atoms with E-state index in [1.807, 2.05) is 0 Å². The summed E-state index contributed by atoms with van der Waals surface area (Å²) in [5, 5.41) is 17.4. The third kappa shape index (κ3) is 1.73. The standard InChI is InChI=1S/C36H17N3O/c1-2-8-16-15(7-1)31-25-23-21(37-31)13-14-22-24(23)30-29-28-27-26(25)32(16)38-33(27)17-9-3-4-10-18(17)34(28)39-35(29)19-11-5-6-12-20(19)36(30)40-22/h1-14,37-39H. The summed E-state index contributed by atoms with van der Waals surface area (Å²) in [7, 11) is 0. The van der Waals surface area contributed by atoms with Gasteiger partial charge in [0, 0.05) is 80.9 Å². The van der Waals surface area contributed by atoms with Crippen LogP contribution in [-0.2, 0) is 0 Å². The molecule has 0 saturated carbocycles. The van der Waals surface area contributed by atoms with E-state index >= 15 is 0 Å². The van der Waals surface area contributed by atoms with E-state index in [0.29, 0.717) is 0 Å². The van der Waals surface area contributed by atoms with Crippen LogP contribution in [0.5, 0.6) is 0 Å². The van der Waals surface area contributed by atoms with Crippen LogP contribution in [0.2, 0.25) is 0 Å². The van der Waals surface area contributed by atoms with Gasteiger partial charge in [0.25, 0.3) is 0 Å². The summed E-state index contributed by atoms with van der Waals surface area (Å²) in [5.41, 5.74) is 9.02. The third-order valence-corrected chi connectivity index (χ3v) is 9.74. The highest BCUT2D eigenvalue weighted by molar-refractivity contribution is 6.51. The molecular weight excluding hydrogens is 490 g/mol. The fourth-order valence-corrected chi connectivity index (χ4v) is 8.30. The predicted octanol–water partition coefficient (Wildman–Crippen LogP) is 10.3. The number of furan rings is 1. The molecule has 0 aliphatic heterocycles. The summed E-state index contributed by atoms with van der Waals surface area (Å²) in [5.74, 6) is 0. The molecule has 4 aromatic heterocycles. The first kappa shape index (κ1) is 18.7. The Hall–Kier alpha value is -5.48. The molecule has 3 N–H and O–H groups in total. The van der Waals surface area contributed by atoms with Gasteiger partial charge in [-0.2, -0.15) is 0 Å². The molecule has 0 saturated heterocycles. The number of hydrogen-bond donors (Lipinski definition) is 3. The van der Waals surface area contributed by atoms with Crippen molar-refractivity contribution >= 4 is 120 Å². The van der Waals surface area contributed by atoms with E-state index in [1.165, 1.54) is 97.6 Å². The summed E-state index contributed by atoms with van der Waals surface area (Å²) in [6.07, 6.45) is 0. The molecule has 0 aliphatic rings. The zero-order valence-corrected chi connectivity index (χ0v) is 21.0. The molecule has 40 heavy (non-hydrogen) atoms. The van der Waals surface area contributed by atoms with E-state index in [4.69, 9.17) is 4.42 Å². The Labute approximate surface area is 223 Å². The van der Waals surface area contributed by atoms with Gasteiger partial charge in [-0.3, -0.25) is 0 Å². The number of aromatic amines is 3. The quantitative estimate of drug-likeness (QED) is 0.188. The molecule has 0 fully saturated rings. The highest BCUT2D eigenvalue weighted by Crippen LogP contribution is 2.54. The van der Waals surface area contributed by atoms with E-state index in [-0.39, 0.29) is 0 Å². The molecule has 0 atom stereocenters. The van der Waals surface area contributed by atoms with Crippen LogP contribution in [0.1, 0.15) is 0 Å². The van der Waals surface area contributed by atoms with E-state index in [1.54, 1.807) is 0 Å². The first-order chi connectivity index (χ1) is 19.9. The molecule has 0 bridgehead atoms. The lowest BCUT2D eigenvalue weighted by atomic mass is 9.90. The van der Waals surface area contributed by atoms with Crippen molar-refractivity contribution in [3.05, 3.63) is 84.9 Å². The molecule has 0 amide bonds. The topological polar surface area (TPSA) is 60.5 Å². The van der Waals surface area contributed by atoms with Crippen molar-refractivity contribution in [1.29, 1.82) is 0 Å². The fourth-order valence-electron chi connectivity index (χ4n) is 8.30. The number of hydrogen-bond acceptors (Lipinski definition) is 1. The van der Waals surface area contributed by atoms with Crippen molar-refractivity contribution in [2.75, 3.05) is 0 Å². The molecular formula is C36H17N3O. The lowest BCUT2D eigenvalue weighted by Crippen LogP contribution is -1.83. The molecule has 8 aromatic carbocycles. The van der Waals surface area contributed by atoms with E-state index < -0.39 is 0 Å². The van der Waals surface area contributed by atoms with Crippen LogP contribution in [0.3, 0.4) is 0 Å². The molecule has 4 nitrogen and oxygen atoms in total. The average Bonchev–Trinajstić information content (AvgIpc) is 3.75. The molecule has 182 valence electrons. The van der Waals surface area contributed by atoms with Gasteiger partial charge in [0.15, 0.2) is 0 Å². The van der Waals surface area contributed by atoms with Gasteiger partial charge in [0.05, 0.1) is 27.6 Å². The second-order valence-electron chi connectivity index (χ2n) is 11.4. The minimum atomic E-state index is 0.938. The first-order valence-corrected chi connectivity index (χ1v) is 13.8. The summed E-state index contributed by atoms with van der Waals surface area (Å²) < 4.78 is 6.81. The number of fused-ring (bicyclic) bond motifs is 9. The van der Waals surface area contributed by atoms with Crippen LogP contribution in [0.15, 0.2) is 89.3 Å². The molecule has 4 heterocycles. The lowest BCUT2D eigenvalue weighted by Gasteiger charge is -2.09. The Morgan fingerprint density at radius 2 is 0.775 bits per heavy atom. The lowest BCUT2D eigenvalue weighted by molar-refractivity contribution is 0.673. The van der Waals surface area contributed by atoms with Crippen molar-refractivity contribution in [3.63, 3.8) is 0 Å². The molecule has 4 heteroatoms. The van der Waals surface area contributed by atoms with Gasteiger partial charge in [-0.05, 0) is 12.1 Å². The molecule has 0 radical (unpaired) electrons. The van der Waals surface area contributed by atoms with E-state index in [9.17, 15) is 0 Å². The Morgan fingerprint density at radius 1 is 0.350 bits per heavy atom. The summed E-state index contributed by atoms with van der Waals surface area (Å²) in [6.45, 7) is 0. The van der Waals surface area contributed by atoms with E-state index in [2.05, 4.69) is 99.9 Å². The second kappa shape index (κ2) is 5.75. The summed E-state index contributed by atoms with van der Waals surface area (Å²) in [4.78, 5) is 11.8. The maximum Gasteiger partial charge on any atom is 0.144 e. The third-order valence-electron chi connectivity index (χ3n) is 9.74. The zero-order valence-electron chi connectivity index (χ0n) is 21.0. The highest BCUT2D eigenvalue weighted by atomic mass is 16.3. The Bertz CT molecular complexity index is 2830. The van der Waals surface area contributed by atoms with Crippen LogP contribution in [0.25, 0.3) is 120 Å². The Kier molecular flexibility index (Phi) is 2.69. The normalized spacial score (nSPS) is 13.5. The SMILES string of the molecule is c1ccc2c(c1)c1[nH]c3ccc4oc5c6ccccc6c6[nH]c7c8ccccc8c8[nH]c2c2c1c3c4c5c6c7c82. The van der Waals surface area contributed by atoms with Gasteiger partial charge in [-0.25, -0.2) is 0 Å². The van der Waals surface area contributed by atoms with Gasteiger partial charge in [0.2, 0.25) is 0 Å². The van der Waals surface area contributed by atoms with Gasteiger partial charge in [-0.15, -0.1) is 0 Å². The van der Waals surface area contributed by atoms with Crippen LogP contribution in [-0.4, -0.2) is 15.0 Å². The largest absolute Gasteiger partial charge is 0.455 e. The smallest absolute Gasteiger partial charge is 0.144 e. The zero-order chi connectivity index (χ0) is 25.4. The van der Waals surface area contributed by atoms with Crippen molar-refractivity contribution in [1.82, 2.24) is 15.0 Å². The highest BCUT2D eigenvalue weighted by Gasteiger charge is 2.29. The van der Waals surface area contributed by atoms with Crippen molar-refractivity contribution in [3.8, 4) is 0 Å². The van der Waals surface area contributed by atoms with E-state index in [0.717, 1.165) is 22.1 Å². The molecule has 0 unspecified atom stereocenters. The van der Waals surface area contributed by atoms with Gasteiger partial charge in [0.1, 0.15) is 11.2 Å². The van der Waals surface area contributed by atoms with Crippen LogP contribution in [0.4, 0.5) is 0 Å². The monoisotopic (exact) mass is 507 g/mol. The molecule has 0 spiro atoms. The summed E-state index contributed by atoms with van der Waals surface area (Å²) >= 11 is 0. The first-order valence-electron chi connectivity index (χ1n) is 13.8. The number of nitrogens with one attached hydrogen (secondary N) is 3. The maximum atomic E-state index is 6.81. The van der Waals surface area contributed by atoms with Gasteiger partial charge in [-0.1, -0.05) is 72.8 Å². The van der Waals surface area contributed by atoms with Crippen molar-refractivity contribution in [2.45, 2.75) is 0 Å². The minimum Gasteiger partial charge on any atom is -0.455 e. The number of benzene rings is 7. The predicted molar refractivity (Wildman–Crippen MR) is 168 cm³/mol. The van der Waals surface area contributed by atoms with Crippen LogP contribution < -0.4 is 0 Å². The molecule has 12 rings (SSSR count). The average molecular weight is 508 g/mol. The van der Waals surface area contributed by atoms with Crippen molar-refractivity contribution in [2.24, 2.45) is 0 Å². The Morgan fingerprint density at radius 3 is 1.32 bits per heavy atom. The maximum absolute atomic E-state index is 6.81.